The minimum absolute atomic E-state index is 0.0394. The Morgan fingerprint density at radius 1 is 1.12 bits per heavy atom. The normalized spacial score (nSPS) is 15.0. The monoisotopic (exact) mass is 332 g/mol. The number of likely N-dealkylation sites (tertiary alicyclic amines) is 1. The Bertz CT molecular complexity index is 590. The van der Waals surface area contributed by atoms with Crippen molar-refractivity contribution < 1.29 is 19.1 Å². The van der Waals surface area contributed by atoms with Crippen LogP contribution in [0.1, 0.15) is 43.5 Å². The van der Waals surface area contributed by atoms with E-state index in [-0.39, 0.29) is 23.7 Å². The highest BCUT2D eigenvalue weighted by Crippen LogP contribution is 2.20. The summed E-state index contributed by atoms with van der Waals surface area (Å²) in [6.45, 7) is 5.20. The SMILES string of the molecule is CCOC(=O)c1ccc(NC(=O)C2CCN(C(=O)CC)CC2)cc1. The first kappa shape index (κ1) is 18.0. The molecule has 0 aliphatic carbocycles. The Morgan fingerprint density at radius 2 is 1.75 bits per heavy atom. The molecule has 1 aliphatic rings. The predicted octanol–water partition coefficient (Wildman–Crippen LogP) is 2.45. The van der Waals surface area contributed by atoms with Crippen LogP contribution in [0.4, 0.5) is 5.69 Å². The van der Waals surface area contributed by atoms with Gasteiger partial charge in [0.05, 0.1) is 12.2 Å². The van der Waals surface area contributed by atoms with Crippen molar-refractivity contribution in [2.45, 2.75) is 33.1 Å². The van der Waals surface area contributed by atoms with E-state index in [1.54, 1.807) is 31.2 Å². The van der Waals surface area contributed by atoms with Crippen molar-refractivity contribution in [1.82, 2.24) is 4.90 Å². The second kappa shape index (κ2) is 8.47. The van der Waals surface area contributed by atoms with Gasteiger partial charge in [-0.15, -0.1) is 0 Å². The van der Waals surface area contributed by atoms with Crippen LogP contribution in [-0.2, 0) is 14.3 Å². The first-order chi connectivity index (χ1) is 11.5. The summed E-state index contributed by atoms with van der Waals surface area (Å²) in [7, 11) is 0. The lowest BCUT2D eigenvalue weighted by Crippen LogP contribution is -2.41. The maximum Gasteiger partial charge on any atom is 0.338 e. The van der Waals surface area contributed by atoms with Crippen LogP contribution in [0.3, 0.4) is 0 Å². The highest BCUT2D eigenvalue weighted by atomic mass is 16.5. The van der Waals surface area contributed by atoms with Gasteiger partial charge >= 0.3 is 5.97 Å². The van der Waals surface area contributed by atoms with Crippen molar-refractivity contribution in [2.24, 2.45) is 5.92 Å². The Hall–Kier alpha value is -2.37. The maximum atomic E-state index is 12.3. The van der Waals surface area contributed by atoms with Crippen molar-refractivity contribution in [3.63, 3.8) is 0 Å². The van der Waals surface area contributed by atoms with Gasteiger partial charge in [0, 0.05) is 31.1 Å². The molecule has 1 aliphatic heterocycles. The molecule has 2 rings (SSSR count). The quantitative estimate of drug-likeness (QED) is 0.840. The topological polar surface area (TPSA) is 75.7 Å². The number of benzene rings is 1. The van der Waals surface area contributed by atoms with E-state index in [1.807, 2.05) is 11.8 Å². The number of piperidine rings is 1. The molecular formula is C18H24N2O4. The molecule has 1 N–H and O–H groups in total. The fourth-order valence-corrected chi connectivity index (χ4v) is 2.76. The Balaban J connectivity index is 1.87. The van der Waals surface area contributed by atoms with Crippen LogP contribution in [0.5, 0.6) is 0 Å². The zero-order valence-electron chi connectivity index (χ0n) is 14.2. The highest BCUT2D eigenvalue weighted by molar-refractivity contribution is 5.94. The molecule has 0 aromatic heterocycles. The molecule has 1 fully saturated rings. The standard InChI is InChI=1S/C18H24N2O4/c1-3-16(21)20-11-9-13(10-12-20)17(22)19-15-7-5-14(6-8-15)18(23)24-4-2/h5-8,13H,3-4,9-12H2,1-2H3,(H,19,22). The number of ether oxygens (including phenoxy) is 1. The first-order valence-electron chi connectivity index (χ1n) is 8.41. The van der Waals surface area contributed by atoms with Gasteiger partial charge in [0.2, 0.25) is 11.8 Å². The number of nitrogens with one attached hydrogen (secondary N) is 1. The van der Waals surface area contributed by atoms with Crippen molar-refractivity contribution in [3.05, 3.63) is 29.8 Å². The number of nitrogens with zero attached hydrogens (tertiary/aromatic N) is 1. The van der Waals surface area contributed by atoms with Gasteiger partial charge < -0.3 is 15.0 Å². The molecule has 1 aromatic carbocycles. The summed E-state index contributed by atoms with van der Waals surface area (Å²) >= 11 is 0. The van der Waals surface area contributed by atoms with E-state index < -0.39 is 0 Å². The molecule has 1 saturated heterocycles. The van der Waals surface area contributed by atoms with E-state index >= 15 is 0 Å². The van der Waals surface area contributed by atoms with E-state index in [0.717, 1.165) is 0 Å². The zero-order valence-corrected chi connectivity index (χ0v) is 14.2. The molecule has 0 unspecified atom stereocenters. The Morgan fingerprint density at radius 3 is 2.29 bits per heavy atom. The largest absolute Gasteiger partial charge is 0.462 e. The number of esters is 1. The number of carbonyl (C=O) groups is 3. The molecular weight excluding hydrogens is 308 g/mol. The van der Waals surface area contributed by atoms with Gasteiger partial charge in [0.25, 0.3) is 0 Å². The summed E-state index contributed by atoms with van der Waals surface area (Å²) in [6, 6.07) is 6.66. The van der Waals surface area contributed by atoms with Gasteiger partial charge in [0.1, 0.15) is 0 Å². The molecule has 24 heavy (non-hydrogen) atoms. The van der Waals surface area contributed by atoms with Crippen molar-refractivity contribution >= 4 is 23.5 Å². The van der Waals surface area contributed by atoms with Crippen LogP contribution in [0.15, 0.2) is 24.3 Å². The lowest BCUT2D eigenvalue weighted by Gasteiger charge is -2.31. The van der Waals surface area contributed by atoms with E-state index in [0.29, 0.717) is 50.2 Å². The lowest BCUT2D eigenvalue weighted by atomic mass is 9.95. The molecule has 0 radical (unpaired) electrons. The van der Waals surface area contributed by atoms with Gasteiger partial charge in [-0.25, -0.2) is 4.79 Å². The molecule has 0 atom stereocenters. The molecule has 2 amide bonds. The third-order valence-corrected chi connectivity index (χ3v) is 4.18. The maximum absolute atomic E-state index is 12.3. The Kier molecular flexibility index (Phi) is 6.35. The van der Waals surface area contributed by atoms with Crippen LogP contribution in [-0.4, -0.2) is 42.4 Å². The molecule has 130 valence electrons. The van der Waals surface area contributed by atoms with E-state index in [9.17, 15) is 14.4 Å². The average molecular weight is 332 g/mol. The highest BCUT2D eigenvalue weighted by Gasteiger charge is 2.26. The summed E-state index contributed by atoms with van der Waals surface area (Å²) in [5.74, 6) is -0.357. The summed E-state index contributed by atoms with van der Waals surface area (Å²) in [5.41, 5.74) is 1.11. The molecule has 0 spiro atoms. The van der Waals surface area contributed by atoms with Crippen LogP contribution in [0, 0.1) is 5.92 Å². The molecule has 6 heteroatoms. The first-order valence-corrected chi connectivity index (χ1v) is 8.41. The summed E-state index contributed by atoms with van der Waals surface area (Å²) in [4.78, 5) is 37.4. The number of carbonyl (C=O) groups excluding carboxylic acids is 3. The third-order valence-electron chi connectivity index (χ3n) is 4.18. The van der Waals surface area contributed by atoms with Gasteiger partial charge in [-0.2, -0.15) is 0 Å². The van der Waals surface area contributed by atoms with Gasteiger partial charge in [-0.1, -0.05) is 6.92 Å². The zero-order chi connectivity index (χ0) is 17.5. The van der Waals surface area contributed by atoms with Gasteiger partial charge in [-0.3, -0.25) is 9.59 Å². The summed E-state index contributed by atoms with van der Waals surface area (Å²) in [5, 5.41) is 2.87. The van der Waals surface area contributed by atoms with Crippen LogP contribution in [0.2, 0.25) is 0 Å². The van der Waals surface area contributed by atoms with Crippen LogP contribution >= 0.6 is 0 Å². The van der Waals surface area contributed by atoms with E-state index in [4.69, 9.17) is 4.74 Å². The second-order valence-electron chi connectivity index (χ2n) is 5.80. The predicted molar refractivity (Wildman–Crippen MR) is 90.6 cm³/mol. The number of anilines is 1. The van der Waals surface area contributed by atoms with Crippen LogP contribution in [0.25, 0.3) is 0 Å². The summed E-state index contributed by atoms with van der Waals surface area (Å²) in [6.07, 6.45) is 1.86. The molecule has 6 nitrogen and oxygen atoms in total. The average Bonchev–Trinajstić information content (AvgIpc) is 2.62. The fourth-order valence-electron chi connectivity index (χ4n) is 2.76. The summed E-state index contributed by atoms with van der Waals surface area (Å²) < 4.78 is 4.92. The number of hydrogen-bond donors (Lipinski definition) is 1. The number of hydrogen-bond acceptors (Lipinski definition) is 4. The number of amides is 2. The number of rotatable bonds is 5. The molecule has 1 heterocycles. The van der Waals surface area contributed by atoms with Crippen LogP contribution < -0.4 is 5.32 Å². The molecule has 0 bridgehead atoms. The van der Waals surface area contributed by atoms with Crippen molar-refractivity contribution in [2.75, 3.05) is 25.0 Å². The second-order valence-corrected chi connectivity index (χ2v) is 5.80. The minimum Gasteiger partial charge on any atom is -0.462 e. The van der Waals surface area contributed by atoms with Crippen molar-refractivity contribution in [3.8, 4) is 0 Å². The smallest absolute Gasteiger partial charge is 0.338 e. The van der Waals surface area contributed by atoms with Crippen molar-refractivity contribution in [1.29, 1.82) is 0 Å². The minimum atomic E-state index is -0.372. The van der Waals surface area contributed by atoms with E-state index in [1.165, 1.54) is 0 Å². The Labute approximate surface area is 142 Å². The molecule has 1 aromatic rings. The van der Waals surface area contributed by atoms with E-state index in [2.05, 4.69) is 5.32 Å². The lowest BCUT2D eigenvalue weighted by molar-refractivity contribution is -0.134. The fraction of sp³-hybridized carbons (Fsp3) is 0.500. The third kappa shape index (κ3) is 4.57. The van der Waals surface area contributed by atoms with Gasteiger partial charge in [-0.05, 0) is 44.0 Å². The molecule has 0 saturated carbocycles. The van der Waals surface area contributed by atoms with Gasteiger partial charge in [0.15, 0.2) is 0 Å².